The predicted octanol–water partition coefficient (Wildman–Crippen LogP) is 3.80. The summed E-state index contributed by atoms with van der Waals surface area (Å²) in [4.78, 5) is 45.5. The fraction of sp³-hybridized carbons (Fsp3) is 0.385. The van der Waals surface area contributed by atoms with E-state index in [1.807, 2.05) is 48.5 Å². The number of carbonyl (C=O) groups excluding carboxylic acids is 3. The second-order valence-corrected chi connectivity index (χ2v) is 10.5. The highest BCUT2D eigenvalue weighted by atomic mass is 32.1. The topological polar surface area (TPSA) is 94.6 Å². The van der Waals surface area contributed by atoms with Crippen LogP contribution in [0.15, 0.2) is 54.6 Å². The fourth-order valence-corrected chi connectivity index (χ4v) is 5.97. The van der Waals surface area contributed by atoms with Crippen molar-refractivity contribution in [2.24, 2.45) is 0 Å². The molecule has 0 spiro atoms. The number of rotatable bonds is 7. The number of hydrogen-bond donors (Lipinski definition) is 2. The molecule has 0 aliphatic carbocycles. The smallest absolute Gasteiger partial charge is 0.322 e. The number of nitrogens with zero attached hydrogens (tertiary/aromatic N) is 3. The third-order valence-electron chi connectivity index (χ3n) is 6.81. The molecule has 2 aliphatic heterocycles. The normalized spacial score (nSPS) is 23.0. The summed E-state index contributed by atoms with van der Waals surface area (Å²) in [7, 11) is 0. The number of amides is 4. The van der Waals surface area contributed by atoms with Gasteiger partial charge in [-0.2, -0.15) is 5.01 Å². The monoisotopic (exact) mass is 491 g/mol. The van der Waals surface area contributed by atoms with Crippen molar-refractivity contribution >= 4 is 39.4 Å². The van der Waals surface area contributed by atoms with E-state index in [-0.39, 0.29) is 18.5 Å². The van der Waals surface area contributed by atoms with Crippen molar-refractivity contribution in [1.82, 2.24) is 25.6 Å². The molecular weight excluding hydrogens is 462 g/mol. The third-order valence-corrected chi connectivity index (χ3v) is 7.95. The number of hydrazine groups is 1. The Balaban J connectivity index is 1.23. The van der Waals surface area contributed by atoms with Gasteiger partial charge in [0.15, 0.2) is 0 Å². The number of piperidine rings is 1. The number of hydrogen-bond acceptors (Lipinski definition) is 6. The summed E-state index contributed by atoms with van der Waals surface area (Å²) < 4.78 is 1.13. The Morgan fingerprint density at radius 3 is 2.71 bits per heavy atom. The number of thiazole rings is 1. The van der Waals surface area contributed by atoms with E-state index in [1.54, 1.807) is 18.3 Å². The van der Waals surface area contributed by atoms with Gasteiger partial charge in [0.1, 0.15) is 10.5 Å². The number of nitrogens with one attached hydrogen (secondary N) is 2. The van der Waals surface area contributed by atoms with Crippen molar-refractivity contribution in [3.8, 4) is 0 Å². The summed E-state index contributed by atoms with van der Waals surface area (Å²) in [6.07, 6.45) is 4.08. The van der Waals surface area contributed by atoms with E-state index in [9.17, 15) is 14.4 Å². The lowest BCUT2D eigenvalue weighted by Gasteiger charge is -2.34. The average Bonchev–Trinajstić information content (AvgIpc) is 3.38. The highest BCUT2D eigenvalue weighted by molar-refractivity contribution is 7.18. The summed E-state index contributed by atoms with van der Waals surface area (Å²) in [5.41, 5.74) is 3.55. The molecule has 182 valence electrons. The van der Waals surface area contributed by atoms with Gasteiger partial charge in [0.2, 0.25) is 0 Å². The van der Waals surface area contributed by atoms with Gasteiger partial charge in [-0.15, -0.1) is 11.3 Å². The minimum atomic E-state index is -1.06. The Bertz CT molecular complexity index is 1210. The average molecular weight is 492 g/mol. The van der Waals surface area contributed by atoms with Crippen LogP contribution in [0.2, 0.25) is 0 Å². The van der Waals surface area contributed by atoms with E-state index in [1.165, 1.54) is 0 Å². The van der Waals surface area contributed by atoms with Crippen LogP contribution in [0.25, 0.3) is 10.2 Å². The highest BCUT2D eigenvalue weighted by Crippen LogP contribution is 2.35. The summed E-state index contributed by atoms with van der Waals surface area (Å²) in [5, 5.41) is 4.60. The Kier molecular flexibility index (Phi) is 6.53. The van der Waals surface area contributed by atoms with E-state index in [0.717, 1.165) is 51.6 Å². The van der Waals surface area contributed by atoms with Gasteiger partial charge in [-0.05, 0) is 56.8 Å². The van der Waals surface area contributed by atoms with Crippen LogP contribution in [-0.4, -0.2) is 51.4 Å². The molecule has 2 aliphatic rings. The molecule has 1 aromatic heterocycles. The number of fused-ring (bicyclic) bond motifs is 1. The summed E-state index contributed by atoms with van der Waals surface area (Å²) in [5.74, 6) is -0.818. The molecule has 3 aromatic rings. The molecule has 2 saturated heterocycles. The Labute approximate surface area is 208 Å². The van der Waals surface area contributed by atoms with Crippen molar-refractivity contribution < 1.29 is 14.4 Å². The summed E-state index contributed by atoms with van der Waals surface area (Å²) in [6, 6.07) is 17.3. The minimum Gasteiger partial charge on any atom is -0.322 e. The lowest BCUT2D eigenvalue weighted by Crippen LogP contribution is -2.52. The van der Waals surface area contributed by atoms with Crippen molar-refractivity contribution in [3.63, 3.8) is 0 Å². The van der Waals surface area contributed by atoms with Gasteiger partial charge < -0.3 is 5.32 Å². The van der Waals surface area contributed by atoms with Crippen LogP contribution in [-0.2, 0) is 16.0 Å². The lowest BCUT2D eigenvalue weighted by molar-refractivity contribution is -0.139. The van der Waals surface area contributed by atoms with Gasteiger partial charge in [-0.1, -0.05) is 48.9 Å². The first-order valence-electron chi connectivity index (χ1n) is 12.0. The number of aryl methyl sites for hydroxylation is 1. The predicted molar refractivity (Wildman–Crippen MR) is 134 cm³/mol. The molecule has 5 rings (SSSR count). The van der Waals surface area contributed by atoms with Gasteiger partial charge in [-0.25, -0.2) is 9.78 Å². The SMILES string of the molecule is C[C@]1(CCc2ccccc2)NC(=O)N(NC(=O)CN2CCCC[C@H]2c2nc3ccccc3s2)C1=O. The molecule has 2 fully saturated rings. The molecule has 0 radical (unpaired) electrons. The van der Waals surface area contributed by atoms with Gasteiger partial charge >= 0.3 is 6.03 Å². The van der Waals surface area contributed by atoms with Crippen LogP contribution in [0.4, 0.5) is 4.79 Å². The quantitative estimate of drug-likeness (QED) is 0.491. The zero-order chi connectivity index (χ0) is 24.4. The van der Waals surface area contributed by atoms with E-state index in [4.69, 9.17) is 4.98 Å². The maximum atomic E-state index is 13.1. The van der Waals surface area contributed by atoms with Crippen molar-refractivity contribution in [1.29, 1.82) is 0 Å². The molecule has 9 heteroatoms. The van der Waals surface area contributed by atoms with Crippen LogP contribution in [0.5, 0.6) is 0 Å². The maximum absolute atomic E-state index is 13.1. The van der Waals surface area contributed by atoms with Crippen LogP contribution < -0.4 is 10.7 Å². The zero-order valence-corrected chi connectivity index (χ0v) is 20.5. The first-order valence-corrected chi connectivity index (χ1v) is 12.8. The Hall–Kier alpha value is -3.30. The largest absolute Gasteiger partial charge is 0.344 e. The molecule has 3 heterocycles. The van der Waals surface area contributed by atoms with Gasteiger partial charge in [-0.3, -0.25) is 19.9 Å². The van der Waals surface area contributed by atoms with Crippen LogP contribution >= 0.6 is 11.3 Å². The molecule has 2 atom stereocenters. The first-order chi connectivity index (χ1) is 16.9. The van der Waals surface area contributed by atoms with E-state index < -0.39 is 17.5 Å². The van der Waals surface area contributed by atoms with E-state index >= 15 is 0 Å². The molecule has 2 N–H and O–H groups in total. The van der Waals surface area contributed by atoms with Crippen LogP contribution in [0, 0.1) is 0 Å². The Morgan fingerprint density at radius 1 is 1.14 bits per heavy atom. The number of benzene rings is 2. The van der Waals surface area contributed by atoms with Crippen molar-refractivity contribution in [3.05, 3.63) is 65.2 Å². The zero-order valence-electron chi connectivity index (χ0n) is 19.7. The number of imide groups is 1. The summed E-state index contributed by atoms with van der Waals surface area (Å²) >= 11 is 1.66. The molecule has 0 saturated carbocycles. The summed E-state index contributed by atoms with van der Waals surface area (Å²) in [6.45, 7) is 2.57. The third kappa shape index (κ3) is 4.92. The Morgan fingerprint density at radius 2 is 1.91 bits per heavy atom. The minimum absolute atomic E-state index is 0.0474. The maximum Gasteiger partial charge on any atom is 0.344 e. The first kappa shape index (κ1) is 23.4. The molecule has 0 unspecified atom stereocenters. The lowest BCUT2D eigenvalue weighted by atomic mass is 9.93. The number of para-hydroxylation sites is 1. The van der Waals surface area contributed by atoms with Crippen molar-refractivity contribution in [2.45, 2.75) is 50.6 Å². The van der Waals surface area contributed by atoms with Gasteiger partial charge in [0.05, 0.1) is 22.8 Å². The standard InChI is InChI=1S/C26H29N5O3S/c1-26(15-14-18-9-3-2-4-10-18)24(33)31(25(34)28-26)29-22(32)17-30-16-8-7-12-20(30)23-27-19-11-5-6-13-21(19)35-23/h2-6,9-11,13,20H,7-8,12,14-17H2,1H3,(H,28,34)(H,29,32)/t20-,26+/m0/s1. The van der Waals surface area contributed by atoms with E-state index in [2.05, 4.69) is 21.7 Å². The second-order valence-electron chi connectivity index (χ2n) is 9.43. The molecule has 2 aromatic carbocycles. The molecular formula is C26H29N5O3S. The second kappa shape index (κ2) is 9.75. The molecule has 35 heavy (non-hydrogen) atoms. The molecule has 0 bridgehead atoms. The number of urea groups is 1. The number of carbonyl (C=O) groups is 3. The van der Waals surface area contributed by atoms with Crippen molar-refractivity contribution in [2.75, 3.05) is 13.1 Å². The highest BCUT2D eigenvalue weighted by Gasteiger charge is 2.48. The van der Waals surface area contributed by atoms with Crippen LogP contribution in [0.1, 0.15) is 49.2 Å². The fourth-order valence-electron chi connectivity index (χ4n) is 4.83. The van der Waals surface area contributed by atoms with Gasteiger partial charge in [0, 0.05) is 0 Å². The number of aromatic nitrogens is 1. The van der Waals surface area contributed by atoms with E-state index in [0.29, 0.717) is 12.8 Å². The molecule has 8 nitrogen and oxygen atoms in total. The molecule has 4 amide bonds. The number of likely N-dealkylation sites (tertiary alicyclic amines) is 1. The van der Waals surface area contributed by atoms with Crippen LogP contribution in [0.3, 0.4) is 0 Å². The van der Waals surface area contributed by atoms with Gasteiger partial charge in [0.25, 0.3) is 11.8 Å².